The summed E-state index contributed by atoms with van der Waals surface area (Å²) in [7, 11) is 0. The molecule has 0 heterocycles. The molecule has 0 spiro atoms. The number of hydrogen-bond acceptors (Lipinski definition) is 2. The Balaban J connectivity index is 2.40. The lowest BCUT2D eigenvalue weighted by molar-refractivity contribution is -0.171. The van der Waals surface area contributed by atoms with Crippen molar-refractivity contribution in [2.45, 2.75) is 31.9 Å². The Bertz CT molecular complexity index is 414. The molecule has 0 unspecified atom stereocenters. The van der Waals surface area contributed by atoms with Gasteiger partial charge in [0, 0.05) is 6.42 Å². The van der Waals surface area contributed by atoms with Gasteiger partial charge in [0.05, 0.1) is 6.42 Å². The maximum absolute atomic E-state index is 11.9. The quantitative estimate of drug-likeness (QED) is 0.709. The van der Waals surface area contributed by atoms with Crippen LogP contribution in [0.25, 0.3) is 0 Å². The van der Waals surface area contributed by atoms with E-state index in [1.54, 1.807) is 0 Å². The Hall–Kier alpha value is -1.65. The number of alkyl halides is 3. The lowest BCUT2D eigenvalue weighted by Crippen LogP contribution is -2.25. The molecule has 5 heteroatoms. The number of ketones is 2. The van der Waals surface area contributed by atoms with Gasteiger partial charge in [-0.05, 0) is 18.4 Å². The topological polar surface area (TPSA) is 34.1 Å². The maximum Gasteiger partial charge on any atom is 0.450 e. The van der Waals surface area contributed by atoms with Gasteiger partial charge in [-0.1, -0.05) is 30.4 Å². The Kier molecular flexibility index (Phi) is 5.07. The van der Waals surface area contributed by atoms with Crippen molar-refractivity contribution in [1.29, 1.82) is 0 Å². The van der Waals surface area contributed by atoms with Crippen LogP contribution in [0.3, 0.4) is 0 Å². The zero-order valence-electron chi connectivity index (χ0n) is 9.67. The van der Waals surface area contributed by atoms with Gasteiger partial charge in [0.25, 0.3) is 0 Å². The number of hydrogen-bond donors (Lipinski definition) is 0. The van der Waals surface area contributed by atoms with Gasteiger partial charge in [-0.2, -0.15) is 13.2 Å². The number of carbonyl (C=O) groups excluding carboxylic acids is 2. The molecular weight excluding hydrogens is 245 g/mol. The Morgan fingerprint density at radius 2 is 1.94 bits per heavy atom. The van der Waals surface area contributed by atoms with E-state index in [0.717, 1.165) is 12.0 Å². The van der Waals surface area contributed by atoms with Gasteiger partial charge in [0.1, 0.15) is 5.78 Å². The van der Waals surface area contributed by atoms with Crippen LogP contribution in [-0.4, -0.2) is 17.7 Å². The number of carbonyl (C=O) groups is 2. The molecule has 1 aliphatic carbocycles. The first-order valence-electron chi connectivity index (χ1n) is 5.53. The van der Waals surface area contributed by atoms with Gasteiger partial charge >= 0.3 is 6.18 Å². The van der Waals surface area contributed by atoms with E-state index in [2.05, 4.69) is 0 Å². The molecule has 0 aromatic heterocycles. The van der Waals surface area contributed by atoms with E-state index >= 15 is 0 Å². The van der Waals surface area contributed by atoms with Crippen LogP contribution in [0.2, 0.25) is 0 Å². The van der Waals surface area contributed by atoms with Gasteiger partial charge in [0.2, 0.25) is 5.78 Å². The highest BCUT2D eigenvalue weighted by molar-refractivity contribution is 6.01. The second kappa shape index (κ2) is 6.33. The van der Waals surface area contributed by atoms with Crippen LogP contribution >= 0.6 is 0 Å². The third-order valence-electron chi connectivity index (χ3n) is 2.42. The van der Waals surface area contributed by atoms with E-state index in [0.29, 0.717) is 6.42 Å². The van der Waals surface area contributed by atoms with Gasteiger partial charge in [0.15, 0.2) is 0 Å². The Morgan fingerprint density at radius 3 is 2.61 bits per heavy atom. The summed E-state index contributed by atoms with van der Waals surface area (Å²) in [4.78, 5) is 21.8. The summed E-state index contributed by atoms with van der Waals surface area (Å²) in [6.07, 6.45) is 4.43. The predicted molar refractivity (Wildman–Crippen MR) is 60.9 cm³/mol. The zero-order chi connectivity index (χ0) is 13.6. The smallest absolute Gasteiger partial charge is 0.299 e. The van der Waals surface area contributed by atoms with Gasteiger partial charge in [-0.15, -0.1) is 0 Å². The number of allylic oxidation sites excluding steroid dienone is 6. The average molecular weight is 258 g/mol. The van der Waals surface area contributed by atoms with Crippen LogP contribution in [0.5, 0.6) is 0 Å². The van der Waals surface area contributed by atoms with E-state index in [4.69, 9.17) is 0 Å². The minimum Gasteiger partial charge on any atom is -0.299 e. The largest absolute Gasteiger partial charge is 0.450 e. The molecule has 98 valence electrons. The molecule has 18 heavy (non-hydrogen) atoms. The van der Waals surface area contributed by atoms with Crippen LogP contribution < -0.4 is 0 Å². The molecule has 0 N–H and O–H groups in total. The molecular formula is C13H13F3O2. The van der Waals surface area contributed by atoms with Crippen LogP contribution in [0.4, 0.5) is 13.2 Å². The molecule has 0 aromatic rings. The first kappa shape index (κ1) is 14.4. The van der Waals surface area contributed by atoms with Crippen LogP contribution in [0.15, 0.2) is 36.0 Å². The molecule has 0 aliphatic heterocycles. The summed E-state index contributed by atoms with van der Waals surface area (Å²) in [5.41, 5.74) is 0.872. The molecule has 0 saturated carbocycles. The molecule has 0 saturated heterocycles. The minimum atomic E-state index is -4.92. The van der Waals surface area contributed by atoms with Crippen LogP contribution in [0, 0.1) is 0 Å². The second-order valence-corrected chi connectivity index (χ2v) is 3.94. The minimum absolute atomic E-state index is 0.0498. The summed E-state index contributed by atoms with van der Waals surface area (Å²) < 4.78 is 35.8. The van der Waals surface area contributed by atoms with Crippen LogP contribution in [-0.2, 0) is 9.59 Å². The molecule has 0 atom stereocenters. The molecule has 1 rings (SSSR count). The highest BCUT2D eigenvalue weighted by atomic mass is 19.4. The summed E-state index contributed by atoms with van der Waals surface area (Å²) >= 11 is 0. The van der Waals surface area contributed by atoms with Gasteiger partial charge in [-0.3, -0.25) is 9.59 Å². The number of Topliss-reactive ketones (excluding diaryl/α,β-unsaturated/α-hetero) is 2. The zero-order valence-corrected chi connectivity index (χ0v) is 9.67. The van der Waals surface area contributed by atoms with Crippen molar-refractivity contribution in [2.75, 3.05) is 0 Å². The van der Waals surface area contributed by atoms with Crippen molar-refractivity contribution in [3.05, 3.63) is 36.0 Å². The van der Waals surface area contributed by atoms with Crippen molar-refractivity contribution in [2.24, 2.45) is 0 Å². The highest BCUT2D eigenvalue weighted by Crippen LogP contribution is 2.19. The van der Waals surface area contributed by atoms with E-state index in [-0.39, 0.29) is 6.42 Å². The molecule has 0 fully saturated rings. The number of halogens is 3. The first-order valence-corrected chi connectivity index (χ1v) is 5.53. The summed E-state index contributed by atoms with van der Waals surface area (Å²) in [6.45, 7) is 0. The molecule has 0 bridgehead atoms. The van der Waals surface area contributed by atoms with Gasteiger partial charge in [-0.25, -0.2) is 0 Å². The monoisotopic (exact) mass is 258 g/mol. The van der Waals surface area contributed by atoms with E-state index in [9.17, 15) is 22.8 Å². The summed E-state index contributed by atoms with van der Waals surface area (Å²) in [5, 5.41) is 0. The summed E-state index contributed by atoms with van der Waals surface area (Å²) in [5.74, 6) is -2.65. The first-order chi connectivity index (χ1) is 8.39. The van der Waals surface area contributed by atoms with Gasteiger partial charge < -0.3 is 0 Å². The van der Waals surface area contributed by atoms with Crippen molar-refractivity contribution in [3.63, 3.8) is 0 Å². The van der Waals surface area contributed by atoms with E-state index in [1.165, 1.54) is 0 Å². The lowest BCUT2D eigenvalue weighted by atomic mass is 10.0. The Morgan fingerprint density at radius 1 is 1.22 bits per heavy atom. The summed E-state index contributed by atoms with van der Waals surface area (Å²) in [6, 6.07) is 0. The molecule has 1 aliphatic rings. The van der Waals surface area contributed by atoms with Crippen molar-refractivity contribution in [1.82, 2.24) is 0 Å². The SMILES string of the molecule is O=C(CCC1=CC=CCC=C1)CC(=O)C(F)(F)F. The molecule has 0 amide bonds. The molecule has 0 aromatic carbocycles. The Labute approximate surface area is 103 Å². The average Bonchev–Trinajstić information content (AvgIpc) is 2.53. The highest BCUT2D eigenvalue weighted by Gasteiger charge is 2.38. The molecule has 2 nitrogen and oxygen atoms in total. The predicted octanol–water partition coefficient (Wildman–Crippen LogP) is 3.30. The number of rotatable bonds is 5. The van der Waals surface area contributed by atoms with Crippen molar-refractivity contribution >= 4 is 11.6 Å². The fourth-order valence-electron chi connectivity index (χ4n) is 1.44. The third kappa shape index (κ3) is 5.12. The van der Waals surface area contributed by atoms with E-state index in [1.807, 2.05) is 30.4 Å². The third-order valence-corrected chi connectivity index (χ3v) is 2.42. The van der Waals surface area contributed by atoms with Crippen molar-refractivity contribution in [3.8, 4) is 0 Å². The fraction of sp³-hybridized carbons (Fsp3) is 0.385. The van der Waals surface area contributed by atoms with Crippen molar-refractivity contribution < 1.29 is 22.8 Å². The van der Waals surface area contributed by atoms with E-state index < -0.39 is 24.2 Å². The molecule has 0 radical (unpaired) electrons. The standard InChI is InChI=1S/C13H13F3O2/c14-13(15,16)12(18)9-11(17)8-7-10-5-3-1-2-4-6-10/h1,3-6H,2,7-9H2. The normalized spacial score (nSPS) is 15.2. The lowest BCUT2D eigenvalue weighted by Gasteiger charge is -2.04. The maximum atomic E-state index is 11.9. The second-order valence-electron chi connectivity index (χ2n) is 3.94. The fourth-order valence-corrected chi connectivity index (χ4v) is 1.44. The van der Waals surface area contributed by atoms with Crippen LogP contribution in [0.1, 0.15) is 25.7 Å².